The van der Waals surface area contributed by atoms with Crippen LogP contribution in [-0.4, -0.2) is 57.8 Å². The van der Waals surface area contributed by atoms with E-state index in [1.54, 1.807) is 23.2 Å². The van der Waals surface area contributed by atoms with Gasteiger partial charge in [0.05, 0.1) is 5.92 Å². The maximum Gasteiger partial charge on any atom is 0.270 e. The van der Waals surface area contributed by atoms with E-state index in [0.29, 0.717) is 32.6 Å². The van der Waals surface area contributed by atoms with Gasteiger partial charge in [-0.05, 0) is 36.1 Å². The number of aromatic amines is 1. The summed E-state index contributed by atoms with van der Waals surface area (Å²) in [4.78, 5) is 48.8. The average molecular weight is 445 g/mol. The standard InChI is InChI=1S/C26H28N4O3/c1-2-13-29-14-15-30(26(33)23-10-5-11-24(31)28-23)18-21(25(29)32)16-19-7-3-4-9-22(19)20-8-6-12-27-17-20/h3-12,17,21H,2,13-16,18H2,1H3,(H,28,31)/t21-/m0/s1. The lowest BCUT2D eigenvalue weighted by atomic mass is 9.91. The zero-order chi connectivity index (χ0) is 23.2. The Hall–Kier alpha value is -3.74. The van der Waals surface area contributed by atoms with E-state index < -0.39 is 0 Å². The largest absolute Gasteiger partial charge is 0.341 e. The quantitative estimate of drug-likeness (QED) is 0.633. The van der Waals surface area contributed by atoms with E-state index in [4.69, 9.17) is 0 Å². The molecule has 1 aliphatic rings. The summed E-state index contributed by atoms with van der Waals surface area (Å²) in [5, 5.41) is 0. The first-order chi connectivity index (χ1) is 16.1. The van der Waals surface area contributed by atoms with Crippen LogP contribution < -0.4 is 5.56 Å². The van der Waals surface area contributed by atoms with Crippen LogP contribution in [0.1, 0.15) is 29.4 Å². The van der Waals surface area contributed by atoms with Crippen LogP contribution in [0.25, 0.3) is 11.1 Å². The highest BCUT2D eigenvalue weighted by Crippen LogP contribution is 2.27. The highest BCUT2D eigenvalue weighted by atomic mass is 16.2. The van der Waals surface area contributed by atoms with E-state index >= 15 is 0 Å². The summed E-state index contributed by atoms with van der Waals surface area (Å²) in [6.07, 6.45) is 4.92. The summed E-state index contributed by atoms with van der Waals surface area (Å²) >= 11 is 0. The number of nitrogens with zero attached hydrogens (tertiary/aromatic N) is 3. The van der Waals surface area contributed by atoms with Crippen molar-refractivity contribution >= 4 is 11.8 Å². The van der Waals surface area contributed by atoms with Crippen LogP contribution in [-0.2, 0) is 11.2 Å². The fourth-order valence-electron chi connectivity index (χ4n) is 4.38. The minimum absolute atomic E-state index is 0.0645. The number of nitrogens with one attached hydrogen (secondary N) is 1. The highest BCUT2D eigenvalue weighted by Gasteiger charge is 2.33. The number of hydrogen-bond acceptors (Lipinski definition) is 4. The molecule has 1 fully saturated rings. The van der Waals surface area contributed by atoms with Crippen LogP contribution in [0.4, 0.5) is 0 Å². The number of pyridine rings is 2. The zero-order valence-electron chi connectivity index (χ0n) is 18.7. The van der Waals surface area contributed by atoms with Gasteiger partial charge in [-0.25, -0.2) is 0 Å². The third-order valence-electron chi connectivity index (χ3n) is 5.98. The minimum Gasteiger partial charge on any atom is -0.341 e. The van der Waals surface area contributed by atoms with Crippen molar-refractivity contribution in [1.82, 2.24) is 19.8 Å². The van der Waals surface area contributed by atoms with Crippen molar-refractivity contribution in [3.63, 3.8) is 0 Å². The Balaban J connectivity index is 1.64. The normalized spacial score (nSPS) is 16.5. The van der Waals surface area contributed by atoms with Gasteiger partial charge in [0.15, 0.2) is 0 Å². The molecule has 4 rings (SSSR count). The number of aromatic nitrogens is 2. The van der Waals surface area contributed by atoms with Crippen LogP contribution in [0.2, 0.25) is 0 Å². The van der Waals surface area contributed by atoms with Crippen molar-refractivity contribution in [3.05, 3.63) is 88.6 Å². The van der Waals surface area contributed by atoms with Crippen molar-refractivity contribution < 1.29 is 9.59 Å². The molecule has 0 radical (unpaired) electrons. The van der Waals surface area contributed by atoms with Gasteiger partial charge in [0, 0.05) is 50.2 Å². The Morgan fingerprint density at radius 2 is 1.91 bits per heavy atom. The monoisotopic (exact) mass is 444 g/mol. The Kier molecular flexibility index (Phi) is 6.98. The Morgan fingerprint density at radius 1 is 1.06 bits per heavy atom. The van der Waals surface area contributed by atoms with E-state index in [1.165, 1.54) is 6.07 Å². The number of carbonyl (C=O) groups excluding carboxylic acids is 2. The molecule has 1 N–H and O–H groups in total. The van der Waals surface area contributed by atoms with Crippen LogP contribution in [0.3, 0.4) is 0 Å². The third kappa shape index (κ3) is 5.19. The van der Waals surface area contributed by atoms with Gasteiger partial charge in [-0.1, -0.05) is 43.3 Å². The lowest BCUT2D eigenvalue weighted by Crippen LogP contribution is -2.38. The Labute approximate surface area is 193 Å². The SMILES string of the molecule is CCCN1CCN(C(=O)c2cccc(=O)[nH]2)C[C@H](Cc2ccccc2-c2cccnc2)C1=O. The maximum absolute atomic E-state index is 13.5. The van der Waals surface area contributed by atoms with Gasteiger partial charge in [0.25, 0.3) is 5.91 Å². The molecule has 1 atom stereocenters. The van der Waals surface area contributed by atoms with E-state index in [0.717, 1.165) is 23.1 Å². The van der Waals surface area contributed by atoms with Crippen molar-refractivity contribution in [2.24, 2.45) is 5.92 Å². The molecule has 0 unspecified atom stereocenters. The van der Waals surface area contributed by atoms with Crippen LogP contribution in [0, 0.1) is 5.92 Å². The van der Waals surface area contributed by atoms with E-state index in [-0.39, 0.29) is 29.0 Å². The average Bonchev–Trinajstić information content (AvgIpc) is 2.99. The van der Waals surface area contributed by atoms with E-state index in [9.17, 15) is 14.4 Å². The molecule has 7 heteroatoms. The topological polar surface area (TPSA) is 86.4 Å². The highest BCUT2D eigenvalue weighted by molar-refractivity contribution is 5.93. The first-order valence-electron chi connectivity index (χ1n) is 11.3. The van der Waals surface area contributed by atoms with Gasteiger partial charge in [-0.2, -0.15) is 0 Å². The van der Waals surface area contributed by atoms with Gasteiger partial charge in [-0.3, -0.25) is 19.4 Å². The van der Waals surface area contributed by atoms with Gasteiger partial charge in [0.1, 0.15) is 5.69 Å². The van der Waals surface area contributed by atoms with Gasteiger partial charge in [-0.15, -0.1) is 0 Å². The fourth-order valence-corrected chi connectivity index (χ4v) is 4.38. The summed E-state index contributed by atoms with van der Waals surface area (Å²) in [5.41, 5.74) is 3.00. The lowest BCUT2D eigenvalue weighted by Gasteiger charge is -2.24. The molecule has 0 spiro atoms. The van der Waals surface area contributed by atoms with E-state index in [1.807, 2.05) is 54.4 Å². The summed E-state index contributed by atoms with van der Waals surface area (Å²) < 4.78 is 0. The first-order valence-corrected chi connectivity index (χ1v) is 11.3. The number of rotatable bonds is 6. The van der Waals surface area contributed by atoms with E-state index in [2.05, 4.69) is 9.97 Å². The molecule has 2 aromatic heterocycles. The Bertz CT molecular complexity index is 1180. The van der Waals surface area contributed by atoms with Crippen molar-refractivity contribution in [2.45, 2.75) is 19.8 Å². The number of amides is 2. The molecule has 1 aliphatic heterocycles. The minimum atomic E-state index is -0.378. The second-order valence-electron chi connectivity index (χ2n) is 8.31. The van der Waals surface area contributed by atoms with Crippen LogP contribution in [0.5, 0.6) is 0 Å². The predicted octanol–water partition coefficient (Wildman–Crippen LogP) is 2.99. The molecule has 0 bridgehead atoms. The second kappa shape index (κ2) is 10.3. The molecule has 3 heterocycles. The summed E-state index contributed by atoms with van der Waals surface area (Å²) in [6.45, 7) is 3.92. The maximum atomic E-state index is 13.5. The molecule has 3 aromatic rings. The third-order valence-corrected chi connectivity index (χ3v) is 5.98. The van der Waals surface area contributed by atoms with Gasteiger partial charge in [0.2, 0.25) is 11.5 Å². The summed E-state index contributed by atoms with van der Waals surface area (Å²) in [6, 6.07) is 16.5. The number of benzene rings is 1. The van der Waals surface area contributed by atoms with Gasteiger partial charge < -0.3 is 14.8 Å². The Morgan fingerprint density at radius 3 is 2.67 bits per heavy atom. The number of carbonyl (C=O) groups is 2. The molecule has 2 amide bonds. The zero-order valence-corrected chi connectivity index (χ0v) is 18.7. The van der Waals surface area contributed by atoms with Crippen LogP contribution in [0.15, 0.2) is 71.8 Å². The molecular weight excluding hydrogens is 416 g/mol. The predicted molar refractivity (Wildman–Crippen MR) is 127 cm³/mol. The molecule has 33 heavy (non-hydrogen) atoms. The van der Waals surface area contributed by atoms with Crippen molar-refractivity contribution in [3.8, 4) is 11.1 Å². The van der Waals surface area contributed by atoms with Crippen molar-refractivity contribution in [1.29, 1.82) is 0 Å². The summed E-state index contributed by atoms with van der Waals surface area (Å²) in [7, 11) is 0. The molecule has 1 aromatic carbocycles. The second-order valence-corrected chi connectivity index (χ2v) is 8.31. The van der Waals surface area contributed by atoms with Crippen LogP contribution >= 0.6 is 0 Å². The fraction of sp³-hybridized carbons (Fsp3) is 0.308. The number of hydrogen-bond donors (Lipinski definition) is 1. The molecule has 7 nitrogen and oxygen atoms in total. The smallest absolute Gasteiger partial charge is 0.270 e. The molecule has 0 aliphatic carbocycles. The molecule has 1 saturated heterocycles. The molecule has 0 saturated carbocycles. The number of H-pyrrole nitrogens is 1. The first kappa shape index (κ1) is 22.5. The van der Waals surface area contributed by atoms with Gasteiger partial charge >= 0.3 is 0 Å². The van der Waals surface area contributed by atoms with Crippen molar-refractivity contribution in [2.75, 3.05) is 26.2 Å². The lowest BCUT2D eigenvalue weighted by molar-refractivity contribution is -0.134. The molecular formula is C26H28N4O3. The molecule has 170 valence electrons. The summed E-state index contributed by atoms with van der Waals surface area (Å²) in [5.74, 6) is -0.574.